The predicted molar refractivity (Wildman–Crippen MR) is 123 cm³/mol. The van der Waals surface area contributed by atoms with Crippen LogP contribution >= 0.6 is 0 Å². The summed E-state index contributed by atoms with van der Waals surface area (Å²) in [5, 5.41) is 7.34. The Labute approximate surface area is 176 Å². The van der Waals surface area contributed by atoms with Gasteiger partial charge < -0.3 is 9.30 Å². The third-order valence-corrected chi connectivity index (χ3v) is 5.52. The molecule has 4 rings (SSSR count). The van der Waals surface area contributed by atoms with Gasteiger partial charge in [-0.1, -0.05) is 49.4 Å². The molecule has 1 heterocycles. The normalized spacial score (nSPS) is 12.5. The topological polar surface area (TPSA) is 55.6 Å². The number of nitrogens with zero attached hydrogens (tertiary/aromatic N) is 2. The van der Waals surface area contributed by atoms with Crippen LogP contribution in [0.5, 0.6) is 5.75 Å². The van der Waals surface area contributed by atoms with E-state index >= 15 is 0 Å². The van der Waals surface area contributed by atoms with Gasteiger partial charge in [0.25, 0.3) is 5.91 Å². The zero-order chi connectivity index (χ0) is 21.1. The number of hydrogen-bond donors (Lipinski definition) is 1. The van der Waals surface area contributed by atoms with Crippen LogP contribution in [0.1, 0.15) is 42.2 Å². The van der Waals surface area contributed by atoms with Gasteiger partial charge in [-0.2, -0.15) is 5.10 Å². The number of para-hydroxylation sites is 1. The van der Waals surface area contributed by atoms with Crippen molar-refractivity contribution < 1.29 is 9.53 Å². The highest BCUT2D eigenvalue weighted by Crippen LogP contribution is 2.26. The molecular formula is C25H25N3O2. The fourth-order valence-electron chi connectivity index (χ4n) is 3.68. The van der Waals surface area contributed by atoms with Crippen LogP contribution in [0.25, 0.3) is 21.7 Å². The smallest absolute Gasteiger partial charge is 0.275 e. The number of benzene rings is 3. The molecule has 0 radical (unpaired) electrons. The summed E-state index contributed by atoms with van der Waals surface area (Å²) in [6, 6.07) is 20.2. The SMILES string of the molecule is CCC(C)n1cc(C=NNC(=O)c2cc3ccccc3cc2OC)c2ccccc21. The summed E-state index contributed by atoms with van der Waals surface area (Å²) in [6.45, 7) is 4.37. The zero-order valence-corrected chi connectivity index (χ0v) is 17.4. The summed E-state index contributed by atoms with van der Waals surface area (Å²) in [7, 11) is 1.56. The number of nitrogens with one attached hydrogen (secondary N) is 1. The third-order valence-electron chi connectivity index (χ3n) is 5.52. The number of ether oxygens (including phenoxy) is 1. The molecule has 0 spiro atoms. The molecule has 1 amide bonds. The Morgan fingerprint density at radius 2 is 1.83 bits per heavy atom. The Morgan fingerprint density at radius 3 is 2.57 bits per heavy atom. The minimum absolute atomic E-state index is 0.306. The monoisotopic (exact) mass is 399 g/mol. The Morgan fingerprint density at radius 1 is 1.13 bits per heavy atom. The Bertz CT molecular complexity index is 1240. The van der Waals surface area contributed by atoms with Crippen LogP contribution in [0.4, 0.5) is 0 Å². The van der Waals surface area contributed by atoms with Crippen molar-refractivity contribution in [3.05, 3.63) is 78.0 Å². The van der Waals surface area contributed by atoms with Gasteiger partial charge in [-0.3, -0.25) is 4.79 Å². The molecule has 4 aromatic rings. The quantitative estimate of drug-likeness (QED) is 0.342. The molecule has 1 aromatic heterocycles. The maximum absolute atomic E-state index is 12.8. The van der Waals surface area contributed by atoms with Gasteiger partial charge in [-0.05, 0) is 42.3 Å². The number of carbonyl (C=O) groups is 1. The molecule has 1 N–H and O–H groups in total. The van der Waals surface area contributed by atoms with E-state index in [1.165, 1.54) is 0 Å². The van der Waals surface area contributed by atoms with Crippen molar-refractivity contribution >= 4 is 33.8 Å². The highest BCUT2D eigenvalue weighted by Gasteiger charge is 2.14. The first-order valence-electron chi connectivity index (χ1n) is 10.1. The van der Waals surface area contributed by atoms with Gasteiger partial charge >= 0.3 is 0 Å². The lowest BCUT2D eigenvalue weighted by atomic mass is 10.1. The van der Waals surface area contributed by atoms with Crippen molar-refractivity contribution in [2.24, 2.45) is 5.10 Å². The van der Waals surface area contributed by atoms with Gasteiger partial charge in [0.1, 0.15) is 5.75 Å². The number of hydrazone groups is 1. The Balaban J connectivity index is 1.61. The standard InChI is InChI=1S/C25H25N3O2/c1-4-17(2)28-16-20(21-11-7-8-12-23(21)28)15-26-27-25(29)22-13-18-9-5-6-10-19(18)14-24(22)30-3/h5-17H,4H2,1-3H3,(H,27,29). The minimum atomic E-state index is -0.306. The fraction of sp³-hybridized carbons (Fsp3) is 0.200. The van der Waals surface area contributed by atoms with Crippen molar-refractivity contribution in [2.75, 3.05) is 7.11 Å². The molecule has 0 aliphatic carbocycles. The van der Waals surface area contributed by atoms with Gasteiger partial charge in [0.2, 0.25) is 0 Å². The van der Waals surface area contributed by atoms with Crippen LogP contribution in [0, 0.1) is 0 Å². The number of aromatic nitrogens is 1. The van der Waals surface area contributed by atoms with E-state index in [1.54, 1.807) is 13.3 Å². The molecule has 1 unspecified atom stereocenters. The maximum atomic E-state index is 12.8. The van der Waals surface area contributed by atoms with Gasteiger partial charge in [0, 0.05) is 28.7 Å². The van der Waals surface area contributed by atoms with Gasteiger partial charge in [-0.25, -0.2) is 5.43 Å². The molecule has 0 saturated carbocycles. The number of fused-ring (bicyclic) bond motifs is 2. The fourth-order valence-corrected chi connectivity index (χ4v) is 3.68. The molecule has 0 aliphatic heterocycles. The van der Waals surface area contributed by atoms with E-state index in [2.05, 4.69) is 47.3 Å². The van der Waals surface area contributed by atoms with Crippen LogP contribution in [0.3, 0.4) is 0 Å². The highest BCUT2D eigenvalue weighted by atomic mass is 16.5. The summed E-state index contributed by atoms with van der Waals surface area (Å²) >= 11 is 0. The van der Waals surface area contributed by atoms with Crippen molar-refractivity contribution in [1.82, 2.24) is 9.99 Å². The first kappa shape index (κ1) is 19.7. The van der Waals surface area contributed by atoms with Gasteiger partial charge in [0.05, 0.1) is 18.9 Å². The summed E-state index contributed by atoms with van der Waals surface area (Å²) in [5.74, 6) is 0.217. The maximum Gasteiger partial charge on any atom is 0.275 e. The second kappa shape index (κ2) is 8.41. The zero-order valence-electron chi connectivity index (χ0n) is 17.4. The van der Waals surface area contributed by atoms with E-state index in [-0.39, 0.29) is 5.91 Å². The first-order chi connectivity index (χ1) is 14.6. The molecule has 0 aliphatic rings. The van der Waals surface area contributed by atoms with Crippen molar-refractivity contribution in [2.45, 2.75) is 26.3 Å². The first-order valence-corrected chi connectivity index (χ1v) is 10.1. The second-order valence-corrected chi connectivity index (χ2v) is 7.36. The highest BCUT2D eigenvalue weighted by molar-refractivity contribution is 6.03. The minimum Gasteiger partial charge on any atom is -0.496 e. The van der Waals surface area contributed by atoms with Crippen molar-refractivity contribution in [1.29, 1.82) is 0 Å². The van der Waals surface area contributed by atoms with Crippen LogP contribution in [-0.4, -0.2) is 23.8 Å². The Kier molecular flexibility index (Phi) is 5.53. The van der Waals surface area contributed by atoms with E-state index in [9.17, 15) is 4.79 Å². The van der Waals surface area contributed by atoms with Crippen molar-refractivity contribution in [3.63, 3.8) is 0 Å². The lowest BCUT2D eigenvalue weighted by Crippen LogP contribution is -2.18. The second-order valence-electron chi connectivity index (χ2n) is 7.36. The number of carbonyl (C=O) groups excluding carboxylic acids is 1. The summed E-state index contributed by atoms with van der Waals surface area (Å²) in [5.41, 5.74) is 5.23. The third kappa shape index (κ3) is 3.66. The van der Waals surface area contributed by atoms with E-state index in [0.29, 0.717) is 17.4 Å². The Hall–Kier alpha value is -3.60. The van der Waals surface area contributed by atoms with Gasteiger partial charge in [-0.15, -0.1) is 0 Å². The largest absolute Gasteiger partial charge is 0.496 e. The molecule has 5 heteroatoms. The van der Waals surface area contributed by atoms with Gasteiger partial charge in [0.15, 0.2) is 0 Å². The van der Waals surface area contributed by atoms with Crippen LogP contribution in [0.2, 0.25) is 0 Å². The summed E-state index contributed by atoms with van der Waals surface area (Å²) < 4.78 is 7.68. The molecule has 0 fully saturated rings. The molecule has 5 nitrogen and oxygen atoms in total. The average molecular weight is 399 g/mol. The summed E-state index contributed by atoms with van der Waals surface area (Å²) in [4.78, 5) is 12.8. The van der Waals surface area contributed by atoms with Crippen LogP contribution in [-0.2, 0) is 0 Å². The lowest BCUT2D eigenvalue weighted by Gasteiger charge is -2.12. The molecule has 1 atom stereocenters. The molecule has 0 saturated heterocycles. The number of rotatable bonds is 6. The van der Waals surface area contributed by atoms with E-state index < -0.39 is 0 Å². The average Bonchev–Trinajstić information content (AvgIpc) is 3.16. The number of methoxy groups -OCH3 is 1. The lowest BCUT2D eigenvalue weighted by molar-refractivity contribution is 0.0952. The van der Waals surface area contributed by atoms with E-state index in [1.807, 2.05) is 48.5 Å². The van der Waals surface area contributed by atoms with Crippen molar-refractivity contribution in [3.8, 4) is 5.75 Å². The number of amides is 1. The predicted octanol–water partition coefficient (Wildman–Crippen LogP) is 5.54. The molecule has 30 heavy (non-hydrogen) atoms. The molecule has 0 bridgehead atoms. The molecule has 152 valence electrons. The van der Waals surface area contributed by atoms with E-state index in [4.69, 9.17) is 4.74 Å². The van der Waals surface area contributed by atoms with Crippen LogP contribution < -0.4 is 10.2 Å². The van der Waals surface area contributed by atoms with E-state index in [0.717, 1.165) is 33.7 Å². The molecular weight excluding hydrogens is 374 g/mol. The summed E-state index contributed by atoms with van der Waals surface area (Å²) in [6.07, 6.45) is 4.82. The molecule has 3 aromatic carbocycles. The number of hydrogen-bond acceptors (Lipinski definition) is 3. The van der Waals surface area contributed by atoms with Crippen LogP contribution in [0.15, 0.2) is 72.0 Å².